The third-order valence-corrected chi connectivity index (χ3v) is 4.12. The van der Waals surface area contributed by atoms with Crippen LogP contribution in [0, 0.1) is 13.8 Å². The van der Waals surface area contributed by atoms with Crippen molar-refractivity contribution >= 4 is 6.03 Å². The summed E-state index contributed by atoms with van der Waals surface area (Å²) in [7, 11) is 1.79. The number of rotatable bonds is 6. The largest absolute Gasteiger partial charge is 0.383 e. The van der Waals surface area contributed by atoms with Crippen LogP contribution >= 0.6 is 0 Å². The van der Waals surface area contributed by atoms with Gasteiger partial charge in [0.25, 0.3) is 0 Å². The van der Waals surface area contributed by atoms with Gasteiger partial charge in [-0.25, -0.2) is 4.79 Å². The molecule has 2 amide bonds. The zero-order valence-corrected chi connectivity index (χ0v) is 15.6. The summed E-state index contributed by atoms with van der Waals surface area (Å²) in [5, 5.41) is 20.2. The molecule has 6 heteroatoms. The number of aryl methyl sites for hydroxylation is 3. The van der Waals surface area contributed by atoms with Gasteiger partial charge in [-0.3, -0.25) is 4.68 Å². The van der Waals surface area contributed by atoms with Crippen molar-refractivity contribution in [2.75, 3.05) is 6.54 Å². The smallest absolute Gasteiger partial charge is 0.315 e. The molecule has 1 aromatic heterocycles. The summed E-state index contributed by atoms with van der Waals surface area (Å²) >= 11 is 0. The summed E-state index contributed by atoms with van der Waals surface area (Å²) in [6.07, 6.45) is 4.10. The number of nitrogens with zero attached hydrogens (tertiary/aromatic N) is 2. The molecule has 0 saturated carbocycles. The van der Waals surface area contributed by atoms with Crippen molar-refractivity contribution in [3.63, 3.8) is 0 Å². The molecule has 2 unspecified atom stereocenters. The van der Waals surface area contributed by atoms with Gasteiger partial charge < -0.3 is 15.7 Å². The number of amides is 2. The summed E-state index contributed by atoms with van der Waals surface area (Å²) < 4.78 is 1.62. The number of aliphatic hydroxyl groups is 1. The van der Waals surface area contributed by atoms with E-state index < -0.39 is 5.60 Å². The number of carbonyl (C=O) groups excluding carboxylic acids is 1. The van der Waals surface area contributed by atoms with Crippen molar-refractivity contribution in [1.29, 1.82) is 0 Å². The minimum Gasteiger partial charge on any atom is -0.383 e. The van der Waals surface area contributed by atoms with E-state index in [9.17, 15) is 9.90 Å². The number of nitrogens with one attached hydrogen (secondary N) is 2. The monoisotopic (exact) mass is 344 g/mol. The Hall–Kier alpha value is -2.34. The molecule has 0 bridgehead atoms. The molecule has 136 valence electrons. The molecule has 2 rings (SSSR count). The first-order valence-corrected chi connectivity index (χ1v) is 8.49. The Morgan fingerprint density at radius 2 is 1.96 bits per heavy atom. The molecule has 2 aromatic rings. The molecule has 0 fully saturated rings. The Balaban J connectivity index is 1.85. The average molecular weight is 344 g/mol. The zero-order chi connectivity index (χ0) is 18.6. The lowest BCUT2D eigenvalue weighted by molar-refractivity contribution is 0.0592. The Morgan fingerprint density at radius 3 is 2.52 bits per heavy atom. The minimum absolute atomic E-state index is 0.00968. The highest BCUT2D eigenvalue weighted by Gasteiger charge is 2.25. The summed E-state index contributed by atoms with van der Waals surface area (Å²) in [6.45, 7) is 7.88. The van der Waals surface area contributed by atoms with Crippen LogP contribution in [0.25, 0.3) is 0 Å². The maximum absolute atomic E-state index is 12.1. The van der Waals surface area contributed by atoms with Crippen LogP contribution in [0.4, 0.5) is 4.79 Å². The second-order valence-electron chi connectivity index (χ2n) is 7.10. The fourth-order valence-electron chi connectivity index (χ4n) is 2.92. The van der Waals surface area contributed by atoms with Gasteiger partial charge in [0, 0.05) is 24.8 Å². The van der Waals surface area contributed by atoms with Crippen molar-refractivity contribution in [3.8, 4) is 0 Å². The van der Waals surface area contributed by atoms with Crippen LogP contribution in [0.3, 0.4) is 0 Å². The highest BCUT2D eigenvalue weighted by atomic mass is 16.3. The lowest BCUT2D eigenvalue weighted by Crippen LogP contribution is -2.46. The molecule has 6 nitrogen and oxygen atoms in total. The summed E-state index contributed by atoms with van der Waals surface area (Å²) in [4.78, 5) is 12.1. The predicted molar refractivity (Wildman–Crippen MR) is 98.4 cm³/mol. The highest BCUT2D eigenvalue weighted by molar-refractivity contribution is 5.74. The molecule has 0 aliphatic heterocycles. The number of hydrogen-bond acceptors (Lipinski definition) is 3. The first-order valence-electron chi connectivity index (χ1n) is 8.49. The second kappa shape index (κ2) is 7.70. The van der Waals surface area contributed by atoms with Crippen molar-refractivity contribution in [3.05, 3.63) is 52.8 Å². The van der Waals surface area contributed by atoms with Crippen LogP contribution in [-0.2, 0) is 19.1 Å². The van der Waals surface area contributed by atoms with Crippen LogP contribution in [0.1, 0.15) is 36.1 Å². The Bertz CT molecular complexity index is 717. The van der Waals surface area contributed by atoms with Gasteiger partial charge in [0.05, 0.1) is 12.7 Å². The molecule has 3 N–H and O–H groups in total. The number of benzene rings is 1. The number of carbonyl (C=O) groups is 1. The first kappa shape index (κ1) is 19.0. The normalized spacial score (nSPS) is 14.6. The molecule has 1 heterocycles. The van der Waals surface area contributed by atoms with E-state index in [2.05, 4.69) is 47.8 Å². The van der Waals surface area contributed by atoms with E-state index in [1.165, 1.54) is 16.7 Å². The highest BCUT2D eigenvalue weighted by Crippen LogP contribution is 2.18. The molecule has 0 aliphatic rings. The number of aromatic nitrogens is 2. The summed E-state index contributed by atoms with van der Waals surface area (Å²) in [5.74, 6) is 0. The Labute approximate surface area is 149 Å². The van der Waals surface area contributed by atoms with Crippen molar-refractivity contribution < 1.29 is 9.90 Å². The van der Waals surface area contributed by atoms with Gasteiger partial charge in [0.2, 0.25) is 0 Å². The maximum Gasteiger partial charge on any atom is 0.315 e. The van der Waals surface area contributed by atoms with Crippen LogP contribution in [0.5, 0.6) is 0 Å². The third kappa shape index (κ3) is 5.60. The van der Waals surface area contributed by atoms with E-state index >= 15 is 0 Å². The molecule has 1 aromatic carbocycles. The molecule has 0 spiro atoms. The van der Waals surface area contributed by atoms with Crippen molar-refractivity contribution in [1.82, 2.24) is 20.4 Å². The van der Waals surface area contributed by atoms with Gasteiger partial charge in [-0.15, -0.1) is 0 Å². The van der Waals surface area contributed by atoms with Gasteiger partial charge in [-0.2, -0.15) is 5.10 Å². The Kier molecular flexibility index (Phi) is 5.85. The second-order valence-corrected chi connectivity index (χ2v) is 7.10. The van der Waals surface area contributed by atoms with Crippen LogP contribution < -0.4 is 10.6 Å². The van der Waals surface area contributed by atoms with Crippen LogP contribution in [-0.4, -0.2) is 33.5 Å². The fourth-order valence-corrected chi connectivity index (χ4v) is 2.92. The van der Waals surface area contributed by atoms with Gasteiger partial charge in [-0.05, 0) is 39.7 Å². The summed E-state index contributed by atoms with van der Waals surface area (Å²) in [6, 6.07) is 6.10. The van der Waals surface area contributed by atoms with Crippen molar-refractivity contribution in [2.45, 2.75) is 45.8 Å². The van der Waals surface area contributed by atoms with Gasteiger partial charge in [0.1, 0.15) is 5.60 Å². The lowest BCUT2D eigenvalue weighted by Gasteiger charge is -2.23. The maximum atomic E-state index is 12.1. The molecule has 0 aliphatic carbocycles. The quantitative estimate of drug-likeness (QED) is 0.751. The number of urea groups is 1. The standard InChI is InChI=1S/C19H28N4O2/c1-13-6-14(2)8-16(7-13)9-15(3)22-18(24)20-12-19(4,25)17-10-21-23(5)11-17/h6-8,10-11,15,25H,9,12H2,1-5H3,(H2,20,22,24). The van der Waals surface area contributed by atoms with Gasteiger partial charge in [0.15, 0.2) is 0 Å². The lowest BCUT2D eigenvalue weighted by atomic mass is 10.00. The van der Waals surface area contributed by atoms with E-state index in [-0.39, 0.29) is 18.6 Å². The van der Waals surface area contributed by atoms with Crippen LogP contribution in [0.2, 0.25) is 0 Å². The fraction of sp³-hybridized carbons (Fsp3) is 0.474. The van der Waals surface area contributed by atoms with E-state index in [0.29, 0.717) is 5.56 Å². The number of hydrogen-bond donors (Lipinski definition) is 3. The molecule has 0 saturated heterocycles. The van der Waals surface area contributed by atoms with Crippen molar-refractivity contribution in [2.24, 2.45) is 7.05 Å². The predicted octanol–water partition coefficient (Wildman–Crippen LogP) is 2.17. The topological polar surface area (TPSA) is 79.2 Å². The first-order chi connectivity index (χ1) is 11.7. The third-order valence-electron chi connectivity index (χ3n) is 4.12. The molecule has 0 radical (unpaired) electrons. The van der Waals surface area contributed by atoms with E-state index in [4.69, 9.17) is 0 Å². The molecule has 25 heavy (non-hydrogen) atoms. The van der Waals surface area contributed by atoms with Gasteiger partial charge in [-0.1, -0.05) is 29.3 Å². The molecular weight excluding hydrogens is 316 g/mol. The molecular formula is C19H28N4O2. The van der Waals surface area contributed by atoms with E-state index in [1.54, 1.807) is 31.0 Å². The van der Waals surface area contributed by atoms with E-state index in [1.807, 2.05) is 6.92 Å². The molecule has 2 atom stereocenters. The van der Waals surface area contributed by atoms with Crippen LogP contribution in [0.15, 0.2) is 30.6 Å². The van der Waals surface area contributed by atoms with Gasteiger partial charge >= 0.3 is 6.03 Å². The SMILES string of the molecule is Cc1cc(C)cc(CC(C)NC(=O)NCC(C)(O)c2cnn(C)c2)c1. The summed E-state index contributed by atoms with van der Waals surface area (Å²) in [5.41, 5.74) is 3.15. The Morgan fingerprint density at radius 1 is 1.32 bits per heavy atom. The minimum atomic E-state index is -1.16. The van der Waals surface area contributed by atoms with E-state index in [0.717, 1.165) is 6.42 Å². The zero-order valence-electron chi connectivity index (χ0n) is 15.6. The average Bonchev–Trinajstić information content (AvgIpc) is 2.91.